The first-order chi connectivity index (χ1) is 22.3. The number of nitrogens with one attached hydrogen (secondary N) is 1. The number of amides is 1. The van der Waals surface area contributed by atoms with Crippen molar-refractivity contribution in [2.75, 3.05) is 6.61 Å². The van der Waals surface area contributed by atoms with E-state index in [0.29, 0.717) is 49.5 Å². The van der Waals surface area contributed by atoms with E-state index >= 15 is 0 Å². The molecule has 0 radical (unpaired) electrons. The van der Waals surface area contributed by atoms with Crippen LogP contribution >= 0.6 is 0 Å². The minimum atomic E-state index is -3.02. The third-order valence-corrected chi connectivity index (χ3v) is 7.80. The van der Waals surface area contributed by atoms with Crippen LogP contribution in [0.1, 0.15) is 103 Å². The molecule has 1 aromatic rings. The SMILES string of the molecule is C=CCCCCCC(=O)CCCCCC/C=C/[C@H](C(=O)N[C@@H](Cc1ccc(OCCC(C)C)cc1)C(=O)O)C(O)(CC(=O)O)C(=O)O. The van der Waals surface area contributed by atoms with Crippen molar-refractivity contribution in [2.45, 2.75) is 115 Å². The molecule has 0 heterocycles. The van der Waals surface area contributed by atoms with Gasteiger partial charge in [-0.1, -0.05) is 63.5 Å². The van der Waals surface area contributed by atoms with Gasteiger partial charge in [0.05, 0.1) is 18.9 Å². The number of ketones is 1. The molecule has 5 N–H and O–H groups in total. The van der Waals surface area contributed by atoms with Crippen molar-refractivity contribution in [3.63, 3.8) is 0 Å². The second-order valence-electron chi connectivity index (χ2n) is 12.4. The Morgan fingerprint density at radius 3 is 2.04 bits per heavy atom. The predicted octanol–water partition coefficient (Wildman–Crippen LogP) is 5.73. The maximum atomic E-state index is 13.3. The normalized spacial score (nSPS) is 13.9. The fourth-order valence-electron chi connectivity index (χ4n) is 4.93. The zero-order chi connectivity index (χ0) is 35.2. The van der Waals surface area contributed by atoms with Crippen LogP contribution in [0.15, 0.2) is 49.1 Å². The monoisotopic (exact) mass is 659 g/mol. The lowest BCUT2D eigenvalue weighted by Crippen LogP contribution is -2.55. The lowest BCUT2D eigenvalue weighted by molar-refractivity contribution is -0.172. The van der Waals surface area contributed by atoms with Crippen LogP contribution in [0.25, 0.3) is 0 Å². The molecule has 0 aliphatic rings. The molecule has 11 heteroatoms. The molecule has 47 heavy (non-hydrogen) atoms. The van der Waals surface area contributed by atoms with E-state index in [9.17, 15) is 44.4 Å². The van der Waals surface area contributed by atoms with Gasteiger partial charge in [-0.25, -0.2) is 9.59 Å². The Bertz CT molecular complexity index is 1180. The summed E-state index contributed by atoms with van der Waals surface area (Å²) in [7, 11) is 0. The Balaban J connectivity index is 2.82. The lowest BCUT2D eigenvalue weighted by atomic mass is 9.82. The van der Waals surface area contributed by atoms with Crippen molar-refractivity contribution < 1.29 is 49.1 Å². The number of aliphatic hydroxyl groups is 1. The van der Waals surface area contributed by atoms with Gasteiger partial charge in [-0.15, -0.1) is 6.58 Å². The first-order valence-electron chi connectivity index (χ1n) is 16.5. The second-order valence-corrected chi connectivity index (χ2v) is 12.4. The number of hydrogen-bond acceptors (Lipinski definition) is 7. The smallest absolute Gasteiger partial charge is 0.337 e. The lowest BCUT2D eigenvalue weighted by Gasteiger charge is -2.29. The van der Waals surface area contributed by atoms with Crippen LogP contribution in [-0.4, -0.2) is 68.3 Å². The minimum absolute atomic E-state index is 0.147. The van der Waals surface area contributed by atoms with Gasteiger partial charge in [0.2, 0.25) is 5.91 Å². The zero-order valence-electron chi connectivity index (χ0n) is 27.8. The summed E-state index contributed by atoms with van der Waals surface area (Å²) < 4.78 is 5.68. The van der Waals surface area contributed by atoms with Crippen molar-refractivity contribution >= 4 is 29.6 Å². The highest BCUT2D eigenvalue weighted by molar-refractivity contribution is 5.94. The Hall–Kier alpha value is -3.99. The van der Waals surface area contributed by atoms with Gasteiger partial charge in [-0.05, 0) is 68.6 Å². The fraction of sp³-hybridized carbons (Fsp3) is 0.583. The molecule has 3 atom stereocenters. The maximum absolute atomic E-state index is 13.3. The fourth-order valence-corrected chi connectivity index (χ4v) is 4.93. The first-order valence-corrected chi connectivity index (χ1v) is 16.5. The number of aliphatic carboxylic acids is 3. The van der Waals surface area contributed by atoms with Gasteiger partial charge in [-0.3, -0.25) is 14.4 Å². The molecule has 0 aromatic heterocycles. The number of Topliss-reactive ketones (excluding diaryl/α,β-unsaturated/α-hetero) is 1. The Morgan fingerprint density at radius 2 is 1.49 bits per heavy atom. The molecule has 1 amide bonds. The molecule has 0 aliphatic heterocycles. The molecule has 0 saturated heterocycles. The first kappa shape index (κ1) is 41.0. The number of rotatable bonds is 27. The van der Waals surface area contributed by atoms with E-state index in [2.05, 4.69) is 25.7 Å². The summed E-state index contributed by atoms with van der Waals surface area (Å²) in [5.41, 5.74) is -2.46. The summed E-state index contributed by atoms with van der Waals surface area (Å²) in [6, 6.07) is 5.20. The summed E-state index contributed by atoms with van der Waals surface area (Å²) in [5, 5.41) is 42.1. The van der Waals surface area contributed by atoms with Gasteiger partial charge < -0.3 is 30.5 Å². The number of ether oxygens (including phenoxy) is 1. The molecule has 1 unspecified atom stereocenters. The largest absolute Gasteiger partial charge is 0.494 e. The molecular weight excluding hydrogens is 606 g/mol. The van der Waals surface area contributed by atoms with E-state index < -0.39 is 47.8 Å². The van der Waals surface area contributed by atoms with Crippen molar-refractivity contribution in [3.05, 3.63) is 54.6 Å². The van der Waals surface area contributed by atoms with Crippen molar-refractivity contribution in [2.24, 2.45) is 11.8 Å². The predicted molar refractivity (Wildman–Crippen MR) is 178 cm³/mol. The summed E-state index contributed by atoms with van der Waals surface area (Å²) in [6.45, 7) is 8.37. The summed E-state index contributed by atoms with van der Waals surface area (Å²) >= 11 is 0. The van der Waals surface area contributed by atoms with Gasteiger partial charge in [-0.2, -0.15) is 0 Å². The van der Waals surface area contributed by atoms with Crippen molar-refractivity contribution in [3.8, 4) is 5.75 Å². The Labute approximate surface area is 278 Å². The molecule has 0 saturated carbocycles. The quantitative estimate of drug-likeness (QED) is 0.0576. The summed E-state index contributed by atoms with van der Waals surface area (Å²) in [5.74, 6) is -6.63. The average Bonchev–Trinajstić information content (AvgIpc) is 2.99. The Kier molecular flexibility index (Phi) is 19.7. The maximum Gasteiger partial charge on any atom is 0.337 e. The second kappa shape index (κ2) is 22.5. The van der Waals surface area contributed by atoms with E-state index in [0.717, 1.165) is 57.4 Å². The molecule has 262 valence electrons. The zero-order valence-corrected chi connectivity index (χ0v) is 27.8. The number of carbonyl (C=O) groups is 5. The molecule has 1 rings (SSSR count). The molecule has 1 aromatic carbocycles. The van der Waals surface area contributed by atoms with Crippen LogP contribution in [0, 0.1) is 11.8 Å². The number of unbranched alkanes of at least 4 members (excludes halogenated alkanes) is 7. The minimum Gasteiger partial charge on any atom is -0.494 e. The molecule has 0 aliphatic carbocycles. The van der Waals surface area contributed by atoms with E-state index in [1.807, 2.05) is 6.08 Å². The van der Waals surface area contributed by atoms with Crippen LogP contribution in [0.4, 0.5) is 0 Å². The highest BCUT2D eigenvalue weighted by Gasteiger charge is 2.49. The molecular formula is C36H53NO10. The highest BCUT2D eigenvalue weighted by atomic mass is 16.5. The van der Waals surface area contributed by atoms with Crippen LogP contribution in [-0.2, 0) is 30.4 Å². The van der Waals surface area contributed by atoms with Crippen LogP contribution in [0.5, 0.6) is 5.75 Å². The molecule has 0 bridgehead atoms. The number of allylic oxidation sites excluding steroid dienone is 2. The van der Waals surface area contributed by atoms with Gasteiger partial charge in [0.1, 0.15) is 17.6 Å². The number of carboxylic acid groups (broad SMARTS) is 3. The van der Waals surface area contributed by atoms with Gasteiger partial charge in [0, 0.05) is 19.3 Å². The third kappa shape index (κ3) is 16.9. The van der Waals surface area contributed by atoms with Crippen LogP contribution in [0.2, 0.25) is 0 Å². The number of carbonyl (C=O) groups excluding carboxylic acids is 2. The number of carboxylic acids is 3. The van der Waals surface area contributed by atoms with Gasteiger partial charge >= 0.3 is 17.9 Å². The average molecular weight is 660 g/mol. The van der Waals surface area contributed by atoms with E-state index in [4.69, 9.17) is 4.74 Å². The Morgan fingerprint density at radius 1 is 0.894 bits per heavy atom. The van der Waals surface area contributed by atoms with E-state index in [1.165, 1.54) is 6.08 Å². The molecule has 11 nitrogen and oxygen atoms in total. The standard InChI is InChI=1S/C36H53NO10/c1-4-5-6-9-12-15-28(38)16-13-10-7-8-11-14-17-30(36(46,35(44)45)25-32(39)40)33(41)37-31(34(42)43)24-27-18-20-29(21-19-27)47-23-22-26(2)3/h4,14,17-21,26,30-31,46H,1,5-13,15-16,22-25H2,2-3H3,(H,37,41)(H,39,40)(H,42,43)(H,44,45)/b17-14+/t30-,31+,36?/m1/s1. The van der Waals surface area contributed by atoms with Crippen molar-refractivity contribution in [1.82, 2.24) is 5.32 Å². The molecule has 0 spiro atoms. The van der Waals surface area contributed by atoms with Gasteiger partial charge in [0.25, 0.3) is 0 Å². The van der Waals surface area contributed by atoms with Crippen LogP contribution in [0.3, 0.4) is 0 Å². The number of hydrogen-bond donors (Lipinski definition) is 5. The molecule has 0 fully saturated rings. The summed E-state index contributed by atoms with van der Waals surface area (Å²) in [6.07, 6.45) is 12.3. The third-order valence-electron chi connectivity index (χ3n) is 7.80. The topological polar surface area (TPSA) is 188 Å². The van der Waals surface area contributed by atoms with Crippen LogP contribution < -0.4 is 10.1 Å². The highest BCUT2D eigenvalue weighted by Crippen LogP contribution is 2.26. The van der Waals surface area contributed by atoms with Gasteiger partial charge in [0.15, 0.2) is 5.60 Å². The summed E-state index contributed by atoms with van der Waals surface area (Å²) in [4.78, 5) is 60.9. The van der Waals surface area contributed by atoms with E-state index in [1.54, 1.807) is 24.3 Å². The number of benzene rings is 1. The van der Waals surface area contributed by atoms with E-state index in [-0.39, 0.29) is 12.2 Å². The van der Waals surface area contributed by atoms with Crippen molar-refractivity contribution in [1.29, 1.82) is 0 Å².